The predicted octanol–water partition coefficient (Wildman–Crippen LogP) is 3.21. The average molecular weight is 343 g/mol. The Balaban J connectivity index is 0.00000264. The van der Waals surface area contributed by atoms with Crippen molar-refractivity contribution in [2.45, 2.75) is 26.2 Å². The Bertz CT molecular complexity index is 406. The molecule has 1 N–H and O–H groups in total. The zero-order valence-electron chi connectivity index (χ0n) is 14.4. The van der Waals surface area contributed by atoms with Gasteiger partial charge >= 0.3 is 0 Å². The fourth-order valence-electron chi connectivity index (χ4n) is 2.94. The lowest BCUT2D eigenvalue weighted by Gasteiger charge is -2.31. The van der Waals surface area contributed by atoms with Gasteiger partial charge in [0.25, 0.3) is 0 Å². The zero-order valence-corrected chi connectivity index (χ0v) is 15.2. The lowest BCUT2D eigenvalue weighted by atomic mass is 9.93. The third-order valence-corrected chi connectivity index (χ3v) is 4.32. The van der Waals surface area contributed by atoms with Crippen LogP contribution in [-0.2, 0) is 0 Å². The molecule has 0 radical (unpaired) electrons. The normalized spacial score (nSPS) is 15.9. The molecule has 1 heterocycles. The van der Waals surface area contributed by atoms with E-state index in [9.17, 15) is 0 Å². The molecule has 132 valence electrons. The summed E-state index contributed by atoms with van der Waals surface area (Å²) in [6.07, 6.45) is 3.96. The molecule has 0 aliphatic carbocycles. The number of halogens is 1. The summed E-state index contributed by atoms with van der Waals surface area (Å²) in [5.74, 6) is 2.72. The van der Waals surface area contributed by atoms with Crippen molar-refractivity contribution in [2.75, 3.05) is 46.4 Å². The van der Waals surface area contributed by atoms with Crippen LogP contribution in [0.4, 0.5) is 0 Å². The van der Waals surface area contributed by atoms with Crippen molar-refractivity contribution in [1.29, 1.82) is 0 Å². The molecular formula is C18H31ClN2O2. The Morgan fingerprint density at radius 1 is 1.09 bits per heavy atom. The highest BCUT2D eigenvalue weighted by Crippen LogP contribution is 2.20. The van der Waals surface area contributed by atoms with Crippen molar-refractivity contribution in [3.8, 4) is 11.5 Å². The standard InChI is InChI=1S/C18H30N2O2.ClH/c1-3-21-17-4-6-18(7-5-17)22-15-14-20-12-9-16(10-13-20)8-11-19-2;/h4-7,16,19H,3,8-15H2,1-2H3;1H. The van der Waals surface area contributed by atoms with Crippen LogP contribution < -0.4 is 14.8 Å². The molecule has 4 nitrogen and oxygen atoms in total. The molecule has 1 fully saturated rings. The minimum Gasteiger partial charge on any atom is -0.494 e. The van der Waals surface area contributed by atoms with Crippen LogP contribution in [0.3, 0.4) is 0 Å². The summed E-state index contributed by atoms with van der Waals surface area (Å²) in [7, 11) is 2.04. The Kier molecular flexibility index (Phi) is 10.1. The second kappa shape index (κ2) is 11.5. The Morgan fingerprint density at radius 3 is 2.26 bits per heavy atom. The number of rotatable bonds is 9. The minimum absolute atomic E-state index is 0. The predicted molar refractivity (Wildman–Crippen MR) is 98.1 cm³/mol. The lowest BCUT2D eigenvalue weighted by Crippen LogP contribution is -2.37. The third-order valence-electron chi connectivity index (χ3n) is 4.32. The highest BCUT2D eigenvalue weighted by Gasteiger charge is 2.18. The Morgan fingerprint density at radius 2 is 1.70 bits per heavy atom. The number of hydrogen-bond donors (Lipinski definition) is 1. The van der Waals surface area contributed by atoms with E-state index in [0.717, 1.165) is 37.1 Å². The van der Waals surface area contributed by atoms with Gasteiger partial charge in [-0.1, -0.05) is 0 Å². The number of ether oxygens (including phenoxy) is 2. The molecule has 1 aliphatic rings. The van der Waals surface area contributed by atoms with Crippen molar-refractivity contribution >= 4 is 12.4 Å². The molecule has 0 saturated carbocycles. The molecule has 0 bridgehead atoms. The first-order valence-corrected chi connectivity index (χ1v) is 8.54. The number of benzene rings is 1. The van der Waals surface area contributed by atoms with Crippen LogP contribution >= 0.6 is 12.4 Å². The van der Waals surface area contributed by atoms with E-state index < -0.39 is 0 Å². The smallest absolute Gasteiger partial charge is 0.119 e. The summed E-state index contributed by atoms with van der Waals surface area (Å²) in [5.41, 5.74) is 0. The van der Waals surface area contributed by atoms with E-state index in [1.54, 1.807) is 0 Å². The minimum atomic E-state index is 0. The number of nitrogens with one attached hydrogen (secondary N) is 1. The van der Waals surface area contributed by atoms with Crippen LogP contribution in [0.15, 0.2) is 24.3 Å². The van der Waals surface area contributed by atoms with E-state index in [1.807, 2.05) is 38.2 Å². The highest BCUT2D eigenvalue weighted by molar-refractivity contribution is 5.85. The summed E-state index contributed by atoms with van der Waals surface area (Å²) in [5, 5.41) is 3.25. The molecule has 1 aromatic carbocycles. The maximum atomic E-state index is 5.83. The lowest BCUT2D eigenvalue weighted by molar-refractivity contribution is 0.151. The van der Waals surface area contributed by atoms with Gasteiger partial charge in [0.15, 0.2) is 0 Å². The molecular weight excluding hydrogens is 312 g/mol. The van der Waals surface area contributed by atoms with E-state index in [2.05, 4.69) is 10.2 Å². The summed E-state index contributed by atoms with van der Waals surface area (Å²) < 4.78 is 11.3. The molecule has 0 atom stereocenters. The van der Waals surface area contributed by atoms with E-state index in [4.69, 9.17) is 9.47 Å². The number of piperidine rings is 1. The van der Waals surface area contributed by atoms with Crippen LogP contribution in [0.25, 0.3) is 0 Å². The fraction of sp³-hybridized carbons (Fsp3) is 0.667. The van der Waals surface area contributed by atoms with Crippen molar-refractivity contribution in [3.63, 3.8) is 0 Å². The first-order chi connectivity index (χ1) is 10.8. The number of likely N-dealkylation sites (tertiary alicyclic amines) is 1. The fourth-order valence-corrected chi connectivity index (χ4v) is 2.94. The van der Waals surface area contributed by atoms with Crippen molar-refractivity contribution in [3.05, 3.63) is 24.3 Å². The van der Waals surface area contributed by atoms with Crippen molar-refractivity contribution < 1.29 is 9.47 Å². The van der Waals surface area contributed by atoms with Gasteiger partial charge < -0.3 is 14.8 Å². The van der Waals surface area contributed by atoms with Crippen molar-refractivity contribution in [2.24, 2.45) is 5.92 Å². The zero-order chi connectivity index (χ0) is 15.6. The summed E-state index contributed by atoms with van der Waals surface area (Å²) in [6.45, 7) is 8.03. The van der Waals surface area contributed by atoms with Gasteiger partial charge in [-0.25, -0.2) is 0 Å². The molecule has 1 aromatic rings. The van der Waals surface area contributed by atoms with Gasteiger partial charge in [-0.2, -0.15) is 0 Å². The van der Waals surface area contributed by atoms with Gasteiger partial charge in [-0.3, -0.25) is 4.90 Å². The van der Waals surface area contributed by atoms with Gasteiger partial charge in [0.2, 0.25) is 0 Å². The van der Waals surface area contributed by atoms with E-state index in [0.29, 0.717) is 6.61 Å². The van der Waals surface area contributed by atoms with E-state index >= 15 is 0 Å². The molecule has 0 unspecified atom stereocenters. The van der Waals surface area contributed by atoms with Gasteiger partial charge in [-0.15, -0.1) is 12.4 Å². The van der Waals surface area contributed by atoms with Gasteiger partial charge in [0.05, 0.1) is 6.61 Å². The van der Waals surface area contributed by atoms with Gasteiger partial charge in [0, 0.05) is 6.54 Å². The summed E-state index contributed by atoms with van der Waals surface area (Å²) in [4.78, 5) is 2.52. The molecule has 2 rings (SSSR count). The summed E-state index contributed by atoms with van der Waals surface area (Å²) >= 11 is 0. The molecule has 5 heteroatoms. The van der Waals surface area contributed by atoms with Crippen molar-refractivity contribution in [1.82, 2.24) is 10.2 Å². The topological polar surface area (TPSA) is 33.7 Å². The Hall–Kier alpha value is -0.970. The number of hydrogen-bond acceptors (Lipinski definition) is 4. The second-order valence-electron chi connectivity index (χ2n) is 5.93. The van der Waals surface area contributed by atoms with E-state index in [1.165, 1.54) is 32.4 Å². The molecule has 1 aliphatic heterocycles. The quantitative estimate of drug-likeness (QED) is 0.747. The highest BCUT2D eigenvalue weighted by atomic mass is 35.5. The SMILES string of the molecule is CCOc1ccc(OCCN2CCC(CCNC)CC2)cc1.Cl. The van der Waals surface area contributed by atoms with Crippen LogP contribution in [0, 0.1) is 5.92 Å². The van der Waals surface area contributed by atoms with Crippen LogP contribution in [0.1, 0.15) is 26.2 Å². The Labute approximate surface area is 146 Å². The first-order valence-electron chi connectivity index (χ1n) is 8.54. The van der Waals surface area contributed by atoms with Gasteiger partial charge in [-0.05, 0) is 83.1 Å². The van der Waals surface area contributed by atoms with Gasteiger partial charge in [0.1, 0.15) is 18.1 Å². The first kappa shape index (κ1) is 20.1. The third kappa shape index (κ3) is 7.42. The molecule has 0 aromatic heterocycles. The maximum absolute atomic E-state index is 5.83. The number of nitrogens with zero attached hydrogens (tertiary/aromatic N) is 1. The average Bonchev–Trinajstić information content (AvgIpc) is 2.56. The van der Waals surface area contributed by atoms with Crippen LogP contribution in [-0.4, -0.2) is 51.3 Å². The molecule has 23 heavy (non-hydrogen) atoms. The molecule has 1 saturated heterocycles. The molecule has 0 amide bonds. The van der Waals surface area contributed by atoms with E-state index in [-0.39, 0.29) is 12.4 Å². The molecule has 0 spiro atoms. The van der Waals surface area contributed by atoms with Crippen LogP contribution in [0.5, 0.6) is 11.5 Å². The summed E-state index contributed by atoms with van der Waals surface area (Å²) in [6, 6.07) is 7.89. The monoisotopic (exact) mass is 342 g/mol. The van der Waals surface area contributed by atoms with Crippen LogP contribution in [0.2, 0.25) is 0 Å². The second-order valence-corrected chi connectivity index (χ2v) is 5.93. The maximum Gasteiger partial charge on any atom is 0.119 e. The largest absolute Gasteiger partial charge is 0.494 e.